The molecule has 0 saturated heterocycles. The van der Waals surface area contributed by atoms with Gasteiger partial charge in [-0.3, -0.25) is 10.1 Å². The van der Waals surface area contributed by atoms with Gasteiger partial charge in [-0.1, -0.05) is 16.7 Å². The SMILES string of the molecule is CN(C)S(=O)(=O)c1ccc(-c2nnc(NC(=O)COc3ccc(Cl)cc3)o2)cc1. The third kappa shape index (κ3) is 5.11. The lowest BCUT2D eigenvalue weighted by Gasteiger charge is -2.11. The predicted octanol–water partition coefficient (Wildman–Crippen LogP) is 2.66. The average molecular weight is 437 g/mol. The molecule has 0 saturated carbocycles. The van der Waals surface area contributed by atoms with Crippen molar-refractivity contribution in [1.82, 2.24) is 14.5 Å². The van der Waals surface area contributed by atoms with Crippen LogP contribution in [0.4, 0.5) is 6.01 Å². The van der Waals surface area contributed by atoms with Crippen LogP contribution in [-0.2, 0) is 14.8 Å². The van der Waals surface area contributed by atoms with Gasteiger partial charge in [0.1, 0.15) is 5.75 Å². The first-order valence-electron chi connectivity index (χ1n) is 8.30. The number of hydrogen-bond donors (Lipinski definition) is 1. The van der Waals surface area contributed by atoms with E-state index in [0.29, 0.717) is 16.3 Å². The molecule has 152 valence electrons. The van der Waals surface area contributed by atoms with Crippen LogP contribution in [0.15, 0.2) is 57.8 Å². The van der Waals surface area contributed by atoms with E-state index in [2.05, 4.69) is 15.5 Å². The van der Waals surface area contributed by atoms with Gasteiger partial charge in [-0.15, -0.1) is 5.10 Å². The normalized spacial score (nSPS) is 11.4. The van der Waals surface area contributed by atoms with Gasteiger partial charge < -0.3 is 9.15 Å². The number of nitrogens with one attached hydrogen (secondary N) is 1. The zero-order valence-corrected chi connectivity index (χ0v) is 17.1. The van der Waals surface area contributed by atoms with Gasteiger partial charge >= 0.3 is 6.01 Å². The highest BCUT2D eigenvalue weighted by Crippen LogP contribution is 2.22. The Balaban J connectivity index is 1.61. The number of ether oxygens (including phenoxy) is 1. The highest BCUT2D eigenvalue weighted by molar-refractivity contribution is 7.89. The zero-order valence-electron chi connectivity index (χ0n) is 15.5. The molecule has 9 nitrogen and oxygen atoms in total. The van der Waals surface area contributed by atoms with Gasteiger partial charge in [0.25, 0.3) is 5.91 Å². The summed E-state index contributed by atoms with van der Waals surface area (Å²) in [6.07, 6.45) is 0. The summed E-state index contributed by atoms with van der Waals surface area (Å²) >= 11 is 5.78. The third-order valence-corrected chi connectivity index (χ3v) is 5.82. The van der Waals surface area contributed by atoms with Crippen LogP contribution in [0, 0.1) is 0 Å². The van der Waals surface area contributed by atoms with Crippen LogP contribution in [-0.4, -0.2) is 49.5 Å². The standard InChI is InChI=1S/C18H17ClN4O5S/c1-23(2)29(25,26)15-9-3-12(4-10-15)17-21-22-18(28-17)20-16(24)11-27-14-7-5-13(19)6-8-14/h3-10H,11H2,1-2H3,(H,20,22,24). The summed E-state index contributed by atoms with van der Waals surface area (Å²) in [7, 11) is -0.627. The van der Waals surface area contributed by atoms with E-state index in [1.54, 1.807) is 36.4 Å². The lowest BCUT2D eigenvalue weighted by Crippen LogP contribution is -2.22. The summed E-state index contributed by atoms with van der Waals surface area (Å²) in [5.41, 5.74) is 0.508. The third-order valence-electron chi connectivity index (χ3n) is 3.73. The second-order valence-corrected chi connectivity index (χ2v) is 8.60. The molecule has 2 aromatic carbocycles. The fourth-order valence-electron chi connectivity index (χ4n) is 2.21. The number of sulfonamides is 1. The lowest BCUT2D eigenvalue weighted by molar-refractivity contribution is -0.118. The van der Waals surface area contributed by atoms with Crippen molar-refractivity contribution in [2.75, 3.05) is 26.0 Å². The maximum Gasteiger partial charge on any atom is 0.322 e. The molecule has 0 aliphatic carbocycles. The molecule has 0 radical (unpaired) electrons. The van der Waals surface area contributed by atoms with Crippen molar-refractivity contribution in [3.63, 3.8) is 0 Å². The highest BCUT2D eigenvalue weighted by Gasteiger charge is 2.18. The van der Waals surface area contributed by atoms with Crippen LogP contribution in [0.3, 0.4) is 0 Å². The molecule has 0 bridgehead atoms. The molecule has 11 heteroatoms. The molecular weight excluding hydrogens is 420 g/mol. The quantitative estimate of drug-likeness (QED) is 0.605. The second-order valence-electron chi connectivity index (χ2n) is 6.01. The van der Waals surface area contributed by atoms with Crippen LogP contribution < -0.4 is 10.1 Å². The lowest BCUT2D eigenvalue weighted by atomic mass is 10.2. The fraction of sp³-hybridized carbons (Fsp3) is 0.167. The van der Waals surface area contributed by atoms with Gasteiger partial charge in [-0.2, -0.15) is 0 Å². The Morgan fingerprint density at radius 1 is 1.10 bits per heavy atom. The second kappa shape index (κ2) is 8.60. The summed E-state index contributed by atoms with van der Waals surface area (Å²) in [6.45, 7) is -0.254. The molecule has 1 amide bonds. The van der Waals surface area contributed by atoms with E-state index in [0.717, 1.165) is 4.31 Å². The predicted molar refractivity (Wildman–Crippen MR) is 106 cm³/mol. The summed E-state index contributed by atoms with van der Waals surface area (Å²) in [6, 6.07) is 12.4. The fourth-order valence-corrected chi connectivity index (χ4v) is 3.23. The maximum absolute atomic E-state index is 12.1. The first kappa shape index (κ1) is 20.8. The van der Waals surface area contributed by atoms with Gasteiger partial charge in [0, 0.05) is 24.7 Å². The Kier molecular flexibility index (Phi) is 6.16. The smallest absolute Gasteiger partial charge is 0.322 e. The number of hydrogen-bond acceptors (Lipinski definition) is 7. The van der Waals surface area contributed by atoms with E-state index in [1.165, 1.54) is 26.2 Å². The van der Waals surface area contributed by atoms with Crippen molar-refractivity contribution in [3.8, 4) is 17.2 Å². The number of benzene rings is 2. The summed E-state index contributed by atoms with van der Waals surface area (Å²) in [4.78, 5) is 12.1. The van der Waals surface area contributed by atoms with Crippen LogP contribution in [0.25, 0.3) is 11.5 Å². The first-order valence-corrected chi connectivity index (χ1v) is 10.1. The van der Waals surface area contributed by atoms with Crippen LogP contribution in [0.1, 0.15) is 0 Å². The summed E-state index contributed by atoms with van der Waals surface area (Å²) in [5.74, 6) is 0.138. The van der Waals surface area contributed by atoms with Crippen LogP contribution in [0.5, 0.6) is 5.75 Å². The van der Waals surface area contributed by atoms with Crippen molar-refractivity contribution in [2.45, 2.75) is 4.90 Å². The van der Waals surface area contributed by atoms with Crippen LogP contribution in [0.2, 0.25) is 5.02 Å². The van der Waals surface area contributed by atoms with Crippen molar-refractivity contribution in [1.29, 1.82) is 0 Å². The number of nitrogens with zero attached hydrogens (tertiary/aromatic N) is 3. The molecule has 0 fully saturated rings. The molecule has 3 aromatic rings. The largest absolute Gasteiger partial charge is 0.484 e. The minimum absolute atomic E-state index is 0.102. The Morgan fingerprint density at radius 3 is 2.38 bits per heavy atom. The molecule has 1 heterocycles. The summed E-state index contributed by atoms with van der Waals surface area (Å²) < 4.78 is 36.0. The Morgan fingerprint density at radius 2 is 1.76 bits per heavy atom. The van der Waals surface area contributed by atoms with Crippen LogP contribution >= 0.6 is 11.6 Å². The molecule has 29 heavy (non-hydrogen) atoms. The van der Waals surface area contributed by atoms with Gasteiger partial charge in [-0.25, -0.2) is 12.7 Å². The van der Waals surface area contributed by atoms with Crippen molar-refractivity contribution >= 4 is 33.5 Å². The van der Waals surface area contributed by atoms with Crippen molar-refractivity contribution in [2.24, 2.45) is 0 Å². The molecule has 0 spiro atoms. The number of carbonyl (C=O) groups excluding carboxylic acids is 1. The Labute approximate surface area is 172 Å². The number of anilines is 1. The average Bonchev–Trinajstić information content (AvgIpc) is 3.16. The van der Waals surface area contributed by atoms with E-state index >= 15 is 0 Å². The maximum atomic E-state index is 12.1. The molecule has 1 aromatic heterocycles. The molecule has 1 N–H and O–H groups in total. The van der Waals surface area contributed by atoms with Gasteiger partial charge in [0.2, 0.25) is 15.9 Å². The van der Waals surface area contributed by atoms with E-state index in [1.807, 2.05) is 0 Å². The van der Waals surface area contributed by atoms with E-state index in [9.17, 15) is 13.2 Å². The molecule has 0 atom stereocenters. The first-order chi connectivity index (χ1) is 13.8. The highest BCUT2D eigenvalue weighted by atomic mass is 35.5. The number of rotatable bonds is 7. The number of aromatic nitrogens is 2. The number of carbonyl (C=O) groups is 1. The minimum Gasteiger partial charge on any atom is -0.484 e. The molecule has 3 rings (SSSR count). The molecule has 0 unspecified atom stereocenters. The van der Waals surface area contributed by atoms with E-state index < -0.39 is 15.9 Å². The van der Waals surface area contributed by atoms with Gasteiger partial charge in [0.05, 0.1) is 4.90 Å². The van der Waals surface area contributed by atoms with E-state index in [4.69, 9.17) is 20.8 Å². The Bertz CT molecular complexity index is 1100. The molecule has 0 aliphatic heterocycles. The zero-order chi connectivity index (χ0) is 21.0. The van der Waals surface area contributed by atoms with E-state index in [-0.39, 0.29) is 23.4 Å². The number of halogens is 1. The molecule has 0 aliphatic rings. The van der Waals surface area contributed by atoms with Crippen molar-refractivity contribution in [3.05, 3.63) is 53.6 Å². The van der Waals surface area contributed by atoms with Gasteiger partial charge in [0.15, 0.2) is 6.61 Å². The summed E-state index contributed by atoms with van der Waals surface area (Å²) in [5, 5.41) is 10.6. The van der Waals surface area contributed by atoms with Gasteiger partial charge in [-0.05, 0) is 48.5 Å². The number of amides is 1. The Hall–Kier alpha value is -2.95. The van der Waals surface area contributed by atoms with Crippen molar-refractivity contribution < 1.29 is 22.4 Å². The molecular formula is C18H17ClN4O5S. The topological polar surface area (TPSA) is 115 Å². The minimum atomic E-state index is -3.53. The monoisotopic (exact) mass is 436 g/mol.